The first kappa shape index (κ1) is 25.3. The van der Waals surface area contributed by atoms with Gasteiger partial charge in [0, 0.05) is 43.9 Å². The lowest BCUT2D eigenvalue weighted by Crippen LogP contribution is -2.27. The molecule has 0 spiro atoms. The molecule has 0 aliphatic carbocycles. The summed E-state index contributed by atoms with van der Waals surface area (Å²) in [5, 5.41) is 21.9. The maximum Gasteiger partial charge on any atom is 0.416 e. The number of benzene rings is 1. The Labute approximate surface area is 184 Å². The van der Waals surface area contributed by atoms with Crippen LogP contribution in [0.2, 0.25) is 0 Å². The van der Waals surface area contributed by atoms with Crippen LogP contribution in [0.5, 0.6) is 5.75 Å². The first-order chi connectivity index (χ1) is 15.1. The molecule has 0 saturated carbocycles. The Morgan fingerprint density at radius 3 is 2.53 bits per heavy atom. The molecule has 0 radical (unpaired) electrons. The van der Waals surface area contributed by atoms with E-state index in [2.05, 4.69) is 15.5 Å². The number of rotatable bonds is 11. The number of nitrogens with zero attached hydrogens (tertiary/aromatic N) is 2. The van der Waals surface area contributed by atoms with Gasteiger partial charge in [0.25, 0.3) is 0 Å². The van der Waals surface area contributed by atoms with Gasteiger partial charge in [0.1, 0.15) is 11.4 Å². The number of aromatic nitrogens is 2. The van der Waals surface area contributed by atoms with Gasteiger partial charge in [-0.1, -0.05) is 0 Å². The minimum absolute atomic E-state index is 0.0348. The van der Waals surface area contributed by atoms with Gasteiger partial charge < -0.3 is 26.6 Å². The molecule has 0 fully saturated rings. The fourth-order valence-electron chi connectivity index (χ4n) is 3.22. The monoisotopic (exact) mass is 455 g/mol. The summed E-state index contributed by atoms with van der Waals surface area (Å²) in [5.74, 6) is -0.674. The molecule has 0 saturated heterocycles. The number of phenolic OH excluding ortho intramolecular Hbond substituents is 1. The lowest BCUT2D eigenvalue weighted by atomic mass is 9.94. The average molecular weight is 455 g/mol. The highest BCUT2D eigenvalue weighted by atomic mass is 19.4. The molecule has 1 heterocycles. The molecule has 2 rings (SSSR count). The third-order valence-electron chi connectivity index (χ3n) is 4.90. The number of methoxy groups -OCH3 is 1. The number of aromatic hydroxyl groups is 1. The maximum absolute atomic E-state index is 13.0. The van der Waals surface area contributed by atoms with Gasteiger partial charge in [0.05, 0.1) is 5.56 Å². The predicted octanol–water partition coefficient (Wildman–Crippen LogP) is 2.62. The second-order valence-electron chi connectivity index (χ2n) is 7.43. The number of hydrogen-bond donors (Lipinski definition) is 4. The minimum atomic E-state index is -4.60. The van der Waals surface area contributed by atoms with Crippen molar-refractivity contribution in [1.82, 2.24) is 10.2 Å². The summed E-state index contributed by atoms with van der Waals surface area (Å²) in [5.41, 5.74) is 11.7. The van der Waals surface area contributed by atoms with Gasteiger partial charge in [0.2, 0.25) is 5.91 Å². The highest BCUT2D eigenvalue weighted by molar-refractivity contribution is 5.76. The summed E-state index contributed by atoms with van der Waals surface area (Å²) in [7, 11) is 1.55. The van der Waals surface area contributed by atoms with E-state index in [9.17, 15) is 23.1 Å². The van der Waals surface area contributed by atoms with Crippen LogP contribution in [0.15, 0.2) is 18.2 Å². The first-order valence-electron chi connectivity index (χ1n) is 10.1. The molecule has 0 bridgehead atoms. The molecule has 0 unspecified atom stereocenters. The van der Waals surface area contributed by atoms with Crippen molar-refractivity contribution in [3.63, 3.8) is 0 Å². The smallest absolute Gasteiger partial charge is 0.416 e. The standard InChI is InChI=1S/C21H28F3N5O3/c1-12(11-25)27-20-15(7-8-18(26)31)14(4-3-9-32-2)19(28-29-20)16-6-5-13(10-17(16)30)21(22,23)24/h5-6,10,12,30H,3-4,7-9,11,25H2,1-2H3,(H2,26,31)(H,27,29)/t12-/m1/s1. The molecular weight excluding hydrogens is 427 g/mol. The molecule has 2 aromatic rings. The zero-order valence-corrected chi connectivity index (χ0v) is 18.0. The Morgan fingerprint density at radius 1 is 1.25 bits per heavy atom. The Kier molecular flexibility index (Phi) is 8.79. The lowest BCUT2D eigenvalue weighted by molar-refractivity contribution is -0.137. The Hall–Kier alpha value is -2.92. The quantitative estimate of drug-likeness (QED) is 0.382. The van der Waals surface area contributed by atoms with Crippen LogP contribution in [-0.4, -0.2) is 47.5 Å². The van der Waals surface area contributed by atoms with Crippen molar-refractivity contribution in [3.8, 4) is 17.0 Å². The Morgan fingerprint density at radius 2 is 1.97 bits per heavy atom. The third-order valence-corrected chi connectivity index (χ3v) is 4.90. The number of phenols is 1. The number of nitrogens with two attached hydrogens (primary N) is 2. The molecule has 8 nitrogen and oxygen atoms in total. The number of hydrogen-bond acceptors (Lipinski definition) is 7. The van der Waals surface area contributed by atoms with Crippen LogP contribution in [0, 0.1) is 0 Å². The van der Waals surface area contributed by atoms with Gasteiger partial charge in [-0.3, -0.25) is 4.79 Å². The van der Waals surface area contributed by atoms with Gasteiger partial charge in [-0.15, -0.1) is 10.2 Å². The second kappa shape index (κ2) is 11.1. The number of halogens is 3. The number of amides is 1. The molecule has 176 valence electrons. The predicted molar refractivity (Wildman–Crippen MR) is 114 cm³/mol. The molecule has 11 heteroatoms. The molecule has 32 heavy (non-hydrogen) atoms. The van der Waals surface area contributed by atoms with Crippen LogP contribution in [-0.2, 0) is 28.5 Å². The SMILES string of the molecule is COCCCc1c(-c2ccc(C(F)(F)F)cc2O)nnc(N[C@H](C)CN)c1CCC(N)=O. The third kappa shape index (κ3) is 6.54. The van der Waals surface area contributed by atoms with E-state index in [0.717, 1.165) is 12.1 Å². The Balaban J connectivity index is 2.65. The van der Waals surface area contributed by atoms with Crippen LogP contribution >= 0.6 is 0 Å². The van der Waals surface area contributed by atoms with Crippen LogP contribution in [0.3, 0.4) is 0 Å². The zero-order valence-electron chi connectivity index (χ0n) is 18.0. The van der Waals surface area contributed by atoms with Crippen LogP contribution in [0.25, 0.3) is 11.3 Å². The van der Waals surface area contributed by atoms with Crippen molar-refractivity contribution in [2.75, 3.05) is 25.6 Å². The lowest BCUT2D eigenvalue weighted by Gasteiger charge is -2.20. The number of alkyl halides is 3. The van der Waals surface area contributed by atoms with Gasteiger partial charge in [-0.2, -0.15) is 13.2 Å². The number of anilines is 1. The van der Waals surface area contributed by atoms with Crippen molar-refractivity contribution < 1.29 is 27.8 Å². The fourth-order valence-corrected chi connectivity index (χ4v) is 3.22. The average Bonchev–Trinajstić information content (AvgIpc) is 2.72. The summed E-state index contributed by atoms with van der Waals surface area (Å²) in [6.45, 7) is 2.59. The topological polar surface area (TPSA) is 136 Å². The normalized spacial score (nSPS) is 12.6. The van der Waals surface area contributed by atoms with E-state index >= 15 is 0 Å². The van der Waals surface area contributed by atoms with E-state index in [4.69, 9.17) is 16.2 Å². The van der Waals surface area contributed by atoms with Crippen LogP contribution < -0.4 is 16.8 Å². The van der Waals surface area contributed by atoms with Crippen molar-refractivity contribution in [3.05, 3.63) is 34.9 Å². The highest BCUT2D eigenvalue weighted by Crippen LogP contribution is 2.38. The molecular formula is C21H28F3N5O3. The molecule has 0 aliphatic rings. The van der Waals surface area contributed by atoms with E-state index < -0.39 is 23.4 Å². The maximum atomic E-state index is 13.0. The van der Waals surface area contributed by atoms with E-state index in [0.29, 0.717) is 49.0 Å². The van der Waals surface area contributed by atoms with Crippen LogP contribution in [0.4, 0.5) is 19.0 Å². The fraction of sp³-hybridized carbons (Fsp3) is 0.476. The molecule has 1 amide bonds. The molecule has 6 N–H and O–H groups in total. The minimum Gasteiger partial charge on any atom is -0.507 e. The molecule has 1 aromatic carbocycles. The summed E-state index contributed by atoms with van der Waals surface area (Å²) in [6, 6.07) is 2.55. The molecule has 1 aromatic heterocycles. The van der Waals surface area contributed by atoms with Crippen molar-refractivity contribution >= 4 is 11.7 Å². The van der Waals surface area contributed by atoms with Gasteiger partial charge in [-0.05, 0) is 49.9 Å². The van der Waals surface area contributed by atoms with E-state index in [1.165, 1.54) is 0 Å². The number of primary amides is 1. The second-order valence-corrected chi connectivity index (χ2v) is 7.43. The molecule has 1 atom stereocenters. The first-order valence-corrected chi connectivity index (χ1v) is 10.1. The number of carbonyl (C=O) groups is 1. The van der Waals surface area contributed by atoms with Gasteiger partial charge in [0.15, 0.2) is 5.82 Å². The largest absolute Gasteiger partial charge is 0.507 e. The van der Waals surface area contributed by atoms with E-state index in [1.54, 1.807) is 7.11 Å². The van der Waals surface area contributed by atoms with Crippen molar-refractivity contribution in [2.24, 2.45) is 11.5 Å². The van der Waals surface area contributed by atoms with E-state index in [-0.39, 0.29) is 30.1 Å². The highest BCUT2D eigenvalue weighted by Gasteiger charge is 2.31. The molecule has 0 aliphatic heterocycles. The summed E-state index contributed by atoms with van der Waals surface area (Å²) >= 11 is 0. The summed E-state index contributed by atoms with van der Waals surface area (Å²) in [6.07, 6.45) is -3.32. The zero-order chi connectivity index (χ0) is 23.9. The van der Waals surface area contributed by atoms with Crippen molar-refractivity contribution in [2.45, 2.75) is 44.8 Å². The van der Waals surface area contributed by atoms with Crippen molar-refractivity contribution in [1.29, 1.82) is 0 Å². The summed E-state index contributed by atoms with van der Waals surface area (Å²) < 4.78 is 44.2. The van der Waals surface area contributed by atoms with Gasteiger partial charge >= 0.3 is 6.18 Å². The number of nitrogens with one attached hydrogen (secondary N) is 1. The Bertz CT molecular complexity index is 938. The van der Waals surface area contributed by atoms with Gasteiger partial charge in [-0.25, -0.2) is 0 Å². The summed E-state index contributed by atoms with van der Waals surface area (Å²) in [4.78, 5) is 11.5. The number of carbonyl (C=O) groups excluding carboxylic acids is 1. The number of ether oxygens (including phenoxy) is 1. The van der Waals surface area contributed by atoms with Crippen LogP contribution in [0.1, 0.15) is 36.5 Å². The van der Waals surface area contributed by atoms with E-state index in [1.807, 2.05) is 6.92 Å².